The van der Waals surface area contributed by atoms with Gasteiger partial charge in [-0.2, -0.15) is 0 Å². The molecule has 4 nitrogen and oxygen atoms in total. The molecule has 104 valence electrons. The first kappa shape index (κ1) is 14.7. The fourth-order valence-corrected chi connectivity index (χ4v) is 2.31. The summed E-state index contributed by atoms with van der Waals surface area (Å²) in [6.45, 7) is 0.497. The van der Waals surface area contributed by atoms with Gasteiger partial charge in [0.05, 0.1) is 22.2 Å². The van der Waals surface area contributed by atoms with E-state index in [-0.39, 0.29) is 5.56 Å². The number of carbonyl (C=O) groups is 1. The zero-order chi connectivity index (χ0) is 14.4. The number of hydrogen-bond donors (Lipinski definition) is 1. The highest BCUT2D eigenvalue weighted by Gasteiger charge is 2.04. The van der Waals surface area contributed by atoms with Gasteiger partial charge in [0.15, 0.2) is 0 Å². The molecule has 1 aromatic heterocycles. The number of aromatic carboxylic acids is 1. The normalized spacial score (nSPS) is 10.2. The van der Waals surface area contributed by atoms with E-state index in [0.717, 1.165) is 5.03 Å². The van der Waals surface area contributed by atoms with E-state index in [4.69, 9.17) is 21.4 Å². The number of benzene rings is 1. The molecule has 0 bridgehead atoms. The smallest absolute Gasteiger partial charge is 0.337 e. The number of para-hydroxylation sites is 1. The quantitative estimate of drug-likeness (QED) is 0.652. The fraction of sp³-hybridized carbons (Fsp3) is 0.143. The monoisotopic (exact) mass is 309 g/mol. The van der Waals surface area contributed by atoms with Gasteiger partial charge in [-0.05, 0) is 24.3 Å². The van der Waals surface area contributed by atoms with E-state index in [1.54, 1.807) is 12.1 Å². The van der Waals surface area contributed by atoms with Gasteiger partial charge < -0.3 is 9.84 Å². The number of ether oxygens (including phenoxy) is 1. The van der Waals surface area contributed by atoms with Crippen LogP contribution in [-0.4, -0.2) is 28.4 Å². The molecule has 0 saturated heterocycles. The number of carboxylic acid groups (broad SMARTS) is 1. The van der Waals surface area contributed by atoms with Gasteiger partial charge in [0.25, 0.3) is 0 Å². The number of aromatic nitrogens is 1. The number of halogens is 1. The lowest BCUT2D eigenvalue weighted by Gasteiger charge is -2.07. The molecule has 6 heteroatoms. The zero-order valence-corrected chi connectivity index (χ0v) is 12.0. The minimum atomic E-state index is -0.976. The summed E-state index contributed by atoms with van der Waals surface area (Å²) in [6, 6.07) is 10.5. The molecule has 0 aliphatic carbocycles. The Balaban J connectivity index is 1.79. The van der Waals surface area contributed by atoms with Gasteiger partial charge in [-0.3, -0.25) is 0 Å². The number of carboxylic acids is 1. The summed E-state index contributed by atoms with van der Waals surface area (Å²) in [5.74, 6) is 0.380. The minimum absolute atomic E-state index is 0.182. The molecule has 0 spiro atoms. The van der Waals surface area contributed by atoms with E-state index in [1.807, 2.05) is 18.2 Å². The largest absolute Gasteiger partial charge is 0.491 e. The molecule has 0 unspecified atom stereocenters. The van der Waals surface area contributed by atoms with E-state index in [9.17, 15) is 4.79 Å². The van der Waals surface area contributed by atoms with Crippen molar-refractivity contribution in [3.05, 3.63) is 53.2 Å². The van der Waals surface area contributed by atoms with Crippen LogP contribution >= 0.6 is 23.4 Å². The molecule has 20 heavy (non-hydrogen) atoms. The van der Waals surface area contributed by atoms with Crippen LogP contribution in [0.5, 0.6) is 5.75 Å². The number of rotatable bonds is 6. The fourth-order valence-electron chi connectivity index (χ4n) is 1.45. The maximum absolute atomic E-state index is 10.7. The lowest BCUT2D eigenvalue weighted by atomic mass is 10.3. The molecule has 1 N–H and O–H groups in total. The van der Waals surface area contributed by atoms with E-state index < -0.39 is 5.97 Å². The zero-order valence-electron chi connectivity index (χ0n) is 10.5. The van der Waals surface area contributed by atoms with Crippen LogP contribution in [0.4, 0.5) is 0 Å². The number of nitrogens with zero attached hydrogens (tertiary/aromatic N) is 1. The molecule has 1 aromatic carbocycles. The Labute approximate surface area is 125 Å². The van der Waals surface area contributed by atoms with Crippen LogP contribution in [0.1, 0.15) is 10.4 Å². The average Bonchev–Trinajstić information content (AvgIpc) is 2.46. The van der Waals surface area contributed by atoms with E-state index in [2.05, 4.69) is 4.98 Å². The number of hydrogen-bond acceptors (Lipinski definition) is 4. The third-order valence-electron chi connectivity index (χ3n) is 2.41. The van der Waals surface area contributed by atoms with Crippen molar-refractivity contribution in [2.24, 2.45) is 0 Å². The molecule has 0 atom stereocenters. The van der Waals surface area contributed by atoms with E-state index in [0.29, 0.717) is 23.1 Å². The average molecular weight is 310 g/mol. The first-order chi connectivity index (χ1) is 9.66. The van der Waals surface area contributed by atoms with Crippen LogP contribution in [0, 0.1) is 0 Å². The van der Waals surface area contributed by atoms with E-state index in [1.165, 1.54) is 24.0 Å². The van der Waals surface area contributed by atoms with Crippen molar-refractivity contribution < 1.29 is 14.6 Å². The van der Waals surface area contributed by atoms with Crippen LogP contribution in [0.15, 0.2) is 47.6 Å². The Kier molecular flexibility index (Phi) is 5.26. The van der Waals surface area contributed by atoms with Gasteiger partial charge >= 0.3 is 5.97 Å². The van der Waals surface area contributed by atoms with Crippen LogP contribution < -0.4 is 4.74 Å². The van der Waals surface area contributed by atoms with Crippen molar-refractivity contribution in [1.82, 2.24) is 4.98 Å². The molecular weight excluding hydrogens is 298 g/mol. The third-order valence-corrected chi connectivity index (χ3v) is 3.63. The van der Waals surface area contributed by atoms with Gasteiger partial charge in [0.2, 0.25) is 0 Å². The molecule has 0 saturated carbocycles. The number of thioether (sulfide) groups is 1. The van der Waals surface area contributed by atoms with Crippen molar-refractivity contribution >= 4 is 29.3 Å². The van der Waals surface area contributed by atoms with E-state index >= 15 is 0 Å². The highest BCUT2D eigenvalue weighted by molar-refractivity contribution is 7.99. The third kappa shape index (κ3) is 4.15. The van der Waals surface area contributed by atoms with Gasteiger partial charge in [0, 0.05) is 11.9 Å². The molecule has 0 aliphatic heterocycles. The molecule has 0 amide bonds. The lowest BCUT2D eigenvalue weighted by molar-refractivity contribution is 0.0696. The molecule has 1 heterocycles. The summed E-state index contributed by atoms with van der Waals surface area (Å²) in [5.41, 5.74) is 0.182. The van der Waals surface area contributed by atoms with Crippen LogP contribution in [0.3, 0.4) is 0 Å². The standard InChI is InChI=1S/C14H12ClNO3S/c15-11-3-1-2-4-12(11)19-7-8-20-13-6-5-10(9-16-13)14(17)18/h1-6,9H,7-8H2,(H,17,18). The van der Waals surface area contributed by atoms with Gasteiger partial charge in [0.1, 0.15) is 5.75 Å². The Hall–Kier alpha value is -1.72. The van der Waals surface area contributed by atoms with Crippen LogP contribution in [-0.2, 0) is 0 Å². The summed E-state index contributed by atoms with van der Waals surface area (Å²) in [5, 5.41) is 10.1. The van der Waals surface area contributed by atoms with Crippen LogP contribution in [0.25, 0.3) is 0 Å². The molecule has 0 fully saturated rings. The predicted octanol–water partition coefficient (Wildman–Crippen LogP) is 3.60. The Morgan fingerprint density at radius 1 is 1.30 bits per heavy atom. The summed E-state index contributed by atoms with van der Waals surface area (Å²) in [4.78, 5) is 14.7. The second-order valence-electron chi connectivity index (χ2n) is 3.82. The molecule has 0 aliphatic rings. The molecule has 2 rings (SSSR count). The summed E-state index contributed by atoms with van der Waals surface area (Å²) in [6.07, 6.45) is 1.35. The molecular formula is C14H12ClNO3S. The Bertz CT molecular complexity index is 589. The van der Waals surface area contributed by atoms with Crippen molar-refractivity contribution in [1.29, 1.82) is 0 Å². The van der Waals surface area contributed by atoms with Gasteiger partial charge in [-0.15, -0.1) is 11.8 Å². The second-order valence-corrected chi connectivity index (χ2v) is 5.34. The Morgan fingerprint density at radius 2 is 2.10 bits per heavy atom. The van der Waals surface area contributed by atoms with Gasteiger partial charge in [-0.1, -0.05) is 23.7 Å². The predicted molar refractivity (Wildman–Crippen MR) is 78.9 cm³/mol. The maximum atomic E-state index is 10.7. The van der Waals surface area contributed by atoms with Gasteiger partial charge in [-0.25, -0.2) is 9.78 Å². The minimum Gasteiger partial charge on any atom is -0.491 e. The first-order valence-electron chi connectivity index (χ1n) is 5.86. The molecule has 2 aromatic rings. The second kappa shape index (κ2) is 7.17. The highest BCUT2D eigenvalue weighted by atomic mass is 35.5. The van der Waals surface area contributed by atoms with Crippen molar-refractivity contribution in [3.63, 3.8) is 0 Å². The van der Waals surface area contributed by atoms with Crippen molar-refractivity contribution in [2.75, 3.05) is 12.4 Å². The maximum Gasteiger partial charge on any atom is 0.337 e. The van der Waals surface area contributed by atoms with Crippen molar-refractivity contribution in [2.45, 2.75) is 5.03 Å². The summed E-state index contributed by atoms with van der Waals surface area (Å²) < 4.78 is 5.55. The number of pyridine rings is 1. The lowest BCUT2D eigenvalue weighted by Crippen LogP contribution is -2.01. The van der Waals surface area contributed by atoms with Crippen molar-refractivity contribution in [3.8, 4) is 5.75 Å². The molecule has 0 radical (unpaired) electrons. The van der Waals surface area contributed by atoms with Crippen LogP contribution in [0.2, 0.25) is 5.02 Å². The topological polar surface area (TPSA) is 59.4 Å². The Morgan fingerprint density at radius 3 is 2.75 bits per heavy atom. The SMILES string of the molecule is O=C(O)c1ccc(SCCOc2ccccc2Cl)nc1. The summed E-state index contributed by atoms with van der Waals surface area (Å²) >= 11 is 7.46. The first-order valence-corrected chi connectivity index (χ1v) is 7.22. The summed E-state index contributed by atoms with van der Waals surface area (Å²) in [7, 11) is 0. The highest BCUT2D eigenvalue weighted by Crippen LogP contribution is 2.23.